The fraction of sp³-hybridized carbons (Fsp3) is 0.429. The minimum Gasteiger partial charge on any atom is -0.472 e. The molecule has 2 aromatic rings. The standard InChI is InChI=1S/C14H17N5O4/c1-9(20)15-5-13(21)16-4-11-6-19-12(8-23-11)14(17-18-19)10-2-3-22-7-10/h2-3,7,11H,4-6,8H2,1H3,(H,15,20)(H,16,21). The molecule has 2 amide bonds. The van der Waals surface area contributed by atoms with Gasteiger partial charge in [-0.15, -0.1) is 5.10 Å². The predicted molar refractivity (Wildman–Crippen MR) is 78.0 cm³/mol. The fourth-order valence-electron chi connectivity index (χ4n) is 2.31. The lowest BCUT2D eigenvalue weighted by Gasteiger charge is -2.24. The number of ether oxygens (including phenoxy) is 1. The molecular formula is C14H17N5O4. The number of hydrogen-bond acceptors (Lipinski definition) is 6. The van der Waals surface area contributed by atoms with Crippen LogP contribution < -0.4 is 10.6 Å². The van der Waals surface area contributed by atoms with Gasteiger partial charge in [0.1, 0.15) is 5.69 Å². The summed E-state index contributed by atoms with van der Waals surface area (Å²) < 4.78 is 12.6. The monoisotopic (exact) mass is 319 g/mol. The summed E-state index contributed by atoms with van der Waals surface area (Å²) in [5.41, 5.74) is 2.48. The van der Waals surface area contributed by atoms with E-state index in [0.29, 0.717) is 19.7 Å². The molecule has 1 aliphatic rings. The van der Waals surface area contributed by atoms with E-state index < -0.39 is 0 Å². The smallest absolute Gasteiger partial charge is 0.239 e. The number of amides is 2. The van der Waals surface area contributed by atoms with E-state index in [0.717, 1.165) is 17.0 Å². The molecule has 0 radical (unpaired) electrons. The molecule has 0 aromatic carbocycles. The maximum atomic E-state index is 11.6. The highest BCUT2D eigenvalue weighted by molar-refractivity contribution is 5.83. The Morgan fingerprint density at radius 2 is 2.30 bits per heavy atom. The molecule has 9 nitrogen and oxygen atoms in total. The number of nitrogens with zero attached hydrogens (tertiary/aromatic N) is 3. The number of aromatic nitrogens is 3. The van der Waals surface area contributed by atoms with E-state index in [2.05, 4.69) is 20.9 Å². The highest BCUT2D eigenvalue weighted by Gasteiger charge is 2.25. The van der Waals surface area contributed by atoms with Gasteiger partial charge >= 0.3 is 0 Å². The Balaban J connectivity index is 1.55. The molecule has 3 rings (SSSR count). The first-order valence-corrected chi connectivity index (χ1v) is 7.21. The Kier molecular flexibility index (Phi) is 4.38. The fourth-order valence-corrected chi connectivity index (χ4v) is 2.31. The van der Waals surface area contributed by atoms with Gasteiger partial charge in [-0.3, -0.25) is 9.59 Å². The lowest BCUT2D eigenvalue weighted by Crippen LogP contribution is -2.42. The summed E-state index contributed by atoms with van der Waals surface area (Å²) >= 11 is 0. The Bertz CT molecular complexity index is 694. The Labute approximate surface area is 132 Å². The average molecular weight is 319 g/mol. The molecule has 3 heterocycles. The van der Waals surface area contributed by atoms with E-state index in [1.54, 1.807) is 17.2 Å². The normalized spacial score (nSPS) is 16.7. The third-order valence-electron chi connectivity index (χ3n) is 3.49. The molecule has 23 heavy (non-hydrogen) atoms. The second-order valence-electron chi connectivity index (χ2n) is 5.23. The van der Waals surface area contributed by atoms with Crippen molar-refractivity contribution < 1.29 is 18.7 Å². The van der Waals surface area contributed by atoms with Crippen LogP contribution in [0.25, 0.3) is 11.3 Å². The van der Waals surface area contributed by atoms with Crippen molar-refractivity contribution in [3.63, 3.8) is 0 Å². The van der Waals surface area contributed by atoms with Crippen LogP contribution in [-0.2, 0) is 27.5 Å². The van der Waals surface area contributed by atoms with Crippen LogP contribution in [0, 0.1) is 0 Å². The quantitative estimate of drug-likeness (QED) is 0.782. The van der Waals surface area contributed by atoms with E-state index >= 15 is 0 Å². The number of fused-ring (bicyclic) bond motifs is 1. The van der Waals surface area contributed by atoms with E-state index in [1.807, 2.05) is 6.07 Å². The number of nitrogens with one attached hydrogen (secondary N) is 2. The topological polar surface area (TPSA) is 111 Å². The van der Waals surface area contributed by atoms with Gasteiger partial charge in [0.2, 0.25) is 11.8 Å². The summed E-state index contributed by atoms with van der Waals surface area (Å²) in [7, 11) is 0. The lowest BCUT2D eigenvalue weighted by atomic mass is 10.2. The van der Waals surface area contributed by atoms with Crippen LogP contribution in [0.15, 0.2) is 23.0 Å². The van der Waals surface area contributed by atoms with Crippen LogP contribution in [0.5, 0.6) is 0 Å². The largest absolute Gasteiger partial charge is 0.472 e. The highest BCUT2D eigenvalue weighted by Crippen LogP contribution is 2.25. The van der Waals surface area contributed by atoms with Crippen molar-refractivity contribution in [2.45, 2.75) is 26.2 Å². The molecule has 0 saturated carbocycles. The SMILES string of the molecule is CC(=O)NCC(=O)NCC1Cn2nnc(-c3ccoc3)c2CO1. The maximum absolute atomic E-state index is 11.6. The molecule has 1 atom stereocenters. The number of carbonyl (C=O) groups is 2. The minimum absolute atomic E-state index is 0.0404. The molecule has 9 heteroatoms. The van der Waals surface area contributed by atoms with Crippen molar-refractivity contribution in [2.75, 3.05) is 13.1 Å². The number of hydrogen-bond donors (Lipinski definition) is 2. The van der Waals surface area contributed by atoms with Gasteiger partial charge in [0, 0.05) is 19.0 Å². The van der Waals surface area contributed by atoms with Crippen LogP contribution in [-0.4, -0.2) is 46.0 Å². The van der Waals surface area contributed by atoms with E-state index in [9.17, 15) is 9.59 Å². The lowest BCUT2D eigenvalue weighted by molar-refractivity contribution is -0.125. The van der Waals surface area contributed by atoms with Gasteiger partial charge < -0.3 is 19.8 Å². The second kappa shape index (κ2) is 6.61. The van der Waals surface area contributed by atoms with Crippen molar-refractivity contribution in [3.8, 4) is 11.3 Å². The zero-order chi connectivity index (χ0) is 16.2. The Morgan fingerprint density at radius 3 is 3.04 bits per heavy atom. The summed E-state index contributed by atoms with van der Waals surface area (Å²) in [5.74, 6) is -0.500. The molecular weight excluding hydrogens is 302 g/mol. The Hall–Kier alpha value is -2.68. The third-order valence-corrected chi connectivity index (χ3v) is 3.49. The summed E-state index contributed by atoms with van der Waals surface area (Å²) in [6.07, 6.45) is 3.00. The molecule has 1 unspecified atom stereocenters. The van der Waals surface area contributed by atoms with Crippen LogP contribution in [0.4, 0.5) is 0 Å². The van der Waals surface area contributed by atoms with Gasteiger partial charge in [-0.1, -0.05) is 5.21 Å². The van der Waals surface area contributed by atoms with Gasteiger partial charge in [0.25, 0.3) is 0 Å². The summed E-state index contributed by atoms with van der Waals surface area (Å²) in [6.45, 7) is 2.53. The third kappa shape index (κ3) is 3.57. The van der Waals surface area contributed by atoms with E-state index in [4.69, 9.17) is 9.15 Å². The van der Waals surface area contributed by atoms with Crippen molar-refractivity contribution in [1.82, 2.24) is 25.6 Å². The van der Waals surface area contributed by atoms with Gasteiger partial charge in [-0.2, -0.15) is 0 Å². The average Bonchev–Trinajstić information content (AvgIpc) is 3.19. The molecule has 122 valence electrons. The van der Waals surface area contributed by atoms with Crippen LogP contribution >= 0.6 is 0 Å². The molecule has 0 saturated heterocycles. The zero-order valence-electron chi connectivity index (χ0n) is 12.6. The van der Waals surface area contributed by atoms with Crippen molar-refractivity contribution in [2.24, 2.45) is 0 Å². The highest BCUT2D eigenvalue weighted by atomic mass is 16.5. The maximum Gasteiger partial charge on any atom is 0.239 e. The summed E-state index contributed by atoms with van der Waals surface area (Å²) in [6, 6.07) is 1.82. The predicted octanol–water partition coefficient (Wildman–Crippen LogP) is -0.311. The first-order valence-electron chi connectivity index (χ1n) is 7.21. The van der Waals surface area contributed by atoms with E-state index in [1.165, 1.54) is 6.92 Å². The minimum atomic E-state index is -0.257. The van der Waals surface area contributed by atoms with Gasteiger partial charge in [0.05, 0.1) is 44.0 Å². The first kappa shape index (κ1) is 15.2. The molecule has 2 N–H and O–H groups in total. The zero-order valence-corrected chi connectivity index (χ0v) is 12.6. The molecule has 0 aliphatic carbocycles. The molecule has 1 aliphatic heterocycles. The first-order chi connectivity index (χ1) is 11.1. The van der Waals surface area contributed by atoms with Gasteiger partial charge in [-0.25, -0.2) is 4.68 Å². The van der Waals surface area contributed by atoms with E-state index in [-0.39, 0.29) is 24.5 Å². The second-order valence-corrected chi connectivity index (χ2v) is 5.23. The van der Waals surface area contributed by atoms with Crippen molar-refractivity contribution in [1.29, 1.82) is 0 Å². The van der Waals surface area contributed by atoms with Crippen LogP contribution in [0.3, 0.4) is 0 Å². The van der Waals surface area contributed by atoms with Crippen molar-refractivity contribution >= 4 is 11.8 Å². The number of carbonyl (C=O) groups excluding carboxylic acids is 2. The molecule has 0 fully saturated rings. The molecule has 0 bridgehead atoms. The van der Waals surface area contributed by atoms with Crippen molar-refractivity contribution in [3.05, 3.63) is 24.3 Å². The Morgan fingerprint density at radius 1 is 1.43 bits per heavy atom. The number of furan rings is 1. The molecule has 2 aromatic heterocycles. The van der Waals surface area contributed by atoms with Gasteiger partial charge in [0.15, 0.2) is 0 Å². The number of rotatable bonds is 5. The van der Waals surface area contributed by atoms with Crippen LogP contribution in [0.1, 0.15) is 12.6 Å². The molecule has 0 spiro atoms. The van der Waals surface area contributed by atoms with Crippen LogP contribution in [0.2, 0.25) is 0 Å². The summed E-state index contributed by atoms with van der Waals surface area (Å²) in [4.78, 5) is 22.3. The van der Waals surface area contributed by atoms with Gasteiger partial charge in [-0.05, 0) is 6.07 Å². The summed E-state index contributed by atoms with van der Waals surface area (Å²) in [5, 5.41) is 13.4.